The number of aromatic nitrogens is 2. The van der Waals surface area contributed by atoms with E-state index in [0.717, 1.165) is 5.56 Å². The molecule has 2 aromatic rings. The number of hydrogen-bond acceptors (Lipinski definition) is 4. The van der Waals surface area contributed by atoms with Crippen LogP contribution in [0.15, 0.2) is 43.0 Å². The lowest BCUT2D eigenvalue weighted by Gasteiger charge is -2.05. The topological polar surface area (TPSA) is 52.1 Å². The summed E-state index contributed by atoms with van der Waals surface area (Å²) in [4.78, 5) is 20.1. The Morgan fingerprint density at radius 2 is 2.16 bits per heavy atom. The Labute approximate surface area is 112 Å². The van der Waals surface area contributed by atoms with Crippen LogP contribution in [0.2, 0.25) is 0 Å². The second-order valence-electron chi connectivity index (χ2n) is 4.13. The van der Waals surface area contributed by atoms with Gasteiger partial charge in [0.2, 0.25) is 0 Å². The van der Waals surface area contributed by atoms with Crippen LogP contribution >= 0.6 is 0 Å². The number of carbonyl (C=O) groups excluding carboxylic acids is 1. The molecule has 4 heteroatoms. The molecule has 2 heterocycles. The van der Waals surface area contributed by atoms with E-state index in [4.69, 9.17) is 4.74 Å². The highest BCUT2D eigenvalue weighted by Gasteiger charge is 2.08. The smallest absolute Gasteiger partial charge is 0.164 e. The molecule has 98 valence electrons. The molecule has 0 saturated heterocycles. The van der Waals surface area contributed by atoms with Crippen LogP contribution in [0.5, 0.6) is 5.75 Å². The molecule has 2 rings (SSSR count). The molecule has 0 fully saturated rings. The summed E-state index contributed by atoms with van der Waals surface area (Å²) in [6.07, 6.45) is 7.83. The van der Waals surface area contributed by atoms with Gasteiger partial charge in [-0.2, -0.15) is 0 Å². The van der Waals surface area contributed by atoms with Crippen LogP contribution in [0, 0.1) is 0 Å². The van der Waals surface area contributed by atoms with Gasteiger partial charge in [0, 0.05) is 30.6 Å². The van der Waals surface area contributed by atoms with E-state index in [2.05, 4.69) is 9.97 Å². The average molecular weight is 256 g/mol. The fourth-order valence-electron chi connectivity index (χ4n) is 1.77. The number of ketones is 1. The first-order valence-electron chi connectivity index (χ1n) is 6.29. The molecule has 2 aromatic heterocycles. The number of nitrogens with zero attached hydrogens (tertiary/aromatic N) is 2. The van der Waals surface area contributed by atoms with Gasteiger partial charge in [-0.05, 0) is 31.0 Å². The maximum absolute atomic E-state index is 12.1. The Balaban J connectivity index is 1.98. The van der Waals surface area contributed by atoms with E-state index in [1.807, 2.05) is 19.1 Å². The third-order valence-electron chi connectivity index (χ3n) is 2.71. The SMILES string of the molecule is CCOc1cncc(C(=O)CCc2cccnc2)c1. The highest BCUT2D eigenvalue weighted by molar-refractivity contribution is 5.96. The lowest BCUT2D eigenvalue weighted by atomic mass is 10.1. The zero-order valence-electron chi connectivity index (χ0n) is 10.9. The average Bonchev–Trinajstić information content (AvgIpc) is 2.46. The highest BCUT2D eigenvalue weighted by Crippen LogP contribution is 2.13. The van der Waals surface area contributed by atoms with E-state index >= 15 is 0 Å². The second-order valence-corrected chi connectivity index (χ2v) is 4.13. The molecule has 19 heavy (non-hydrogen) atoms. The minimum atomic E-state index is 0.0675. The largest absolute Gasteiger partial charge is 0.492 e. The molecule has 0 bridgehead atoms. The molecule has 0 radical (unpaired) electrons. The fourth-order valence-corrected chi connectivity index (χ4v) is 1.77. The van der Waals surface area contributed by atoms with E-state index in [-0.39, 0.29) is 5.78 Å². The van der Waals surface area contributed by atoms with Crippen LogP contribution in [0.25, 0.3) is 0 Å². The van der Waals surface area contributed by atoms with Crippen molar-refractivity contribution in [1.29, 1.82) is 0 Å². The Morgan fingerprint density at radius 1 is 1.26 bits per heavy atom. The minimum Gasteiger partial charge on any atom is -0.492 e. The summed E-state index contributed by atoms with van der Waals surface area (Å²) in [5, 5.41) is 0. The number of Topliss-reactive ketones (excluding diaryl/α,β-unsaturated/α-hetero) is 1. The van der Waals surface area contributed by atoms with Crippen molar-refractivity contribution >= 4 is 5.78 Å². The van der Waals surface area contributed by atoms with Crippen molar-refractivity contribution in [1.82, 2.24) is 9.97 Å². The zero-order valence-corrected chi connectivity index (χ0v) is 10.9. The standard InChI is InChI=1S/C15H16N2O2/c1-2-19-14-8-13(10-17-11-14)15(18)6-5-12-4-3-7-16-9-12/h3-4,7-11H,2,5-6H2,1H3. The van der Waals surface area contributed by atoms with Crippen LogP contribution in [0.4, 0.5) is 0 Å². The molecule has 0 saturated carbocycles. The van der Waals surface area contributed by atoms with Crippen molar-refractivity contribution in [3.05, 3.63) is 54.1 Å². The summed E-state index contributed by atoms with van der Waals surface area (Å²) in [6.45, 7) is 2.46. The lowest BCUT2D eigenvalue weighted by Crippen LogP contribution is -2.03. The van der Waals surface area contributed by atoms with E-state index in [1.54, 1.807) is 30.9 Å². The minimum absolute atomic E-state index is 0.0675. The number of pyridine rings is 2. The van der Waals surface area contributed by atoms with Gasteiger partial charge in [-0.25, -0.2) is 0 Å². The van der Waals surface area contributed by atoms with Gasteiger partial charge in [0.05, 0.1) is 12.8 Å². The van der Waals surface area contributed by atoms with Gasteiger partial charge in [-0.3, -0.25) is 14.8 Å². The second kappa shape index (κ2) is 6.64. The third-order valence-corrected chi connectivity index (χ3v) is 2.71. The Bertz CT molecular complexity index is 541. The third kappa shape index (κ3) is 3.88. The summed E-state index contributed by atoms with van der Waals surface area (Å²) in [5.74, 6) is 0.702. The predicted octanol–water partition coefficient (Wildman–Crippen LogP) is 2.69. The van der Waals surface area contributed by atoms with Crippen molar-refractivity contribution < 1.29 is 9.53 Å². The maximum Gasteiger partial charge on any atom is 0.164 e. The predicted molar refractivity (Wildman–Crippen MR) is 72.3 cm³/mol. The first-order chi connectivity index (χ1) is 9.29. The maximum atomic E-state index is 12.1. The van der Waals surface area contributed by atoms with Crippen molar-refractivity contribution in [3.8, 4) is 5.75 Å². The normalized spacial score (nSPS) is 10.2. The number of carbonyl (C=O) groups is 1. The van der Waals surface area contributed by atoms with E-state index < -0.39 is 0 Å². The van der Waals surface area contributed by atoms with Gasteiger partial charge in [0.25, 0.3) is 0 Å². The number of aryl methyl sites for hydroxylation is 1. The van der Waals surface area contributed by atoms with Crippen molar-refractivity contribution in [2.75, 3.05) is 6.61 Å². The Hall–Kier alpha value is -2.23. The molecule has 0 unspecified atom stereocenters. The molecule has 0 aliphatic carbocycles. The molecule has 0 atom stereocenters. The molecule has 0 aromatic carbocycles. The summed E-state index contributed by atoms with van der Waals surface area (Å²) in [7, 11) is 0. The van der Waals surface area contributed by atoms with Gasteiger partial charge in [-0.1, -0.05) is 6.07 Å². The van der Waals surface area contributed by atoms with Crippen molar-refractivity contribution in [3.63, 3.8) is 0 Å². The molecule has 0 aliphatic heterocycles. The van der Waals surface area contributed by atoms with E-state index in [1.165, 1.54) is 0 Å². The molecule has 4 nitrogen and oxygen atoms in total. The fraction of sp³-hybridized carbons (Fsp3) is 0.267. The molecular weight excluding hydrogens is 240 g/mol. The van der Waals surface area contributed by atoms with Gasteiger partial charge >= 0.3 is 0 Å². The van der Waals surface area contributed by atoms with Crippen LogP contribution in [-0.4, -0.2) is 22.4 Å². The first kappa shape index (κ1) is 13.2. The number of hydrogen-bond donors (Lipinski definition) is 0. The molecule has 0 aliphatic rings. The van der Waals surface area contributed by atoms with Crippen molar-refractivity contribution in [2.24, 2.45) is 0 Å². The van der Waals surface area contributed by atoms with Gasteiger partial charge < -0.3 is 4.74 Å². The Kier molecular flexibility index (Phi) is 4.61. The van der Waals surface area contributed by atoms with Crippen LogP contribution < -0.4 is 4.74 Å². The zero-order chi connectivity index (χ0) is 13.5. The van der Waals surface area contributed by atoms with Gasteiger partial charge in [0.1, 0.15) is 5.75 Å². The lowest BCUT2D eigenvalue weighted by molar-refractivity contribution is 0.0982. The van der Waals surface area contributed by atoms with E-state index in [9.17, 15) is 4.79 Å². The first-order valence-corrected chi connectivity index (χ1v) is 6.29. The van der Waals surface area contributed by atoms with E-state index in [0.29, 0.717) is 30.8 Å². The molecular formula is C15H16N2O2. The summed E-state index contributed by atoms with van der Waals surface area (Å²) in [5.41, 5.74) is 1.65. The molecule has 0 N–H and O–H groups in total. The van der Waals surface area contributed by atoms with Crippen molar-refractivity contribution in [2.45, 2.75) is 19.8 Å². The quantitative estimate of drug-likeness (QED) is 0.746. The summed E-state index contributed by atoms with van der Waals surface area (Å²) in [6, 6.07) is 5.58. The molecule has 0 spiro atoms. The molecule has 0 amide bonds. The Morgan fingerprint density at radius 3 is 2.89 bits per heavy atom. The highest BCUT2D eigenvalue weighted by atomic mass is 16.5. The van der Waals surface area contributed by atoms with Gasteiger partial charge in [0.15, 0.2) is 5.78 Å². The summed E-state index contributed by atoms with van der Waals surface area (Å²) >= 11 is 0. The van der Waals surface area contributed by atoms with Crippen LogP contribution in [-0.2, 0) is 6.42 Å². The van der Waals surface area contributed by atoms with Gasteiger partial charge in [-0.15, -0.1) is 0 Å². The number of ether oxygens (including phenoxy) is 1. The number of rotatable bonds is 6. The summed E-state index contributed by atoms with van der Waals surface area (Å²) < 4.78 is 5.33. The van der Waals surface area contributed by atoms with Crippen LogP contribution in [0.3, 0.4) is 0 Å². The van der Waals surface area contributed by atoms with Crippen LogP contribution in [0.1, 0.15) is 29.3 Å². The monoisotopic (exact) mass is 256 g/mol.